The number of hydrogen-bond donors (Lipinski definition) is 0. The molecule has 1 aromatic rings. The van der Waals surface area contributed by atoms with Crippen molar-refractivity contribution in [3.63, 3.8) is 0 Å². The molecule has 0 heterocycles. The van der Waals surface area contributed by atoms with Gasteiger partial charge in [0.2, 0.25) is 0 Å². The standard InChI is InChI=1S/C11H14OS/c1-2-11(8-12)13-9-10-6-4-3-5-7-10/h3-8,11H,2,9H2,1H3/t11-/m0/s1. The van der Waals surface area contributed by atoms with E-state index in [1.165, 1.54) is 5.56 Å². The van der Waals surface area contributed by atoms with Crippen LogP contribution >= 0.6 is 11.8 Å². The van der Waals surface area contributed by atoms with Gasteiger partial charge < -0.3 is 4.79 Å². The predicted molar refractivity (Wildman–Crippen MR) is 57.9 cm³/mol. The van der Waals surface area contributed by atoms with Crippen molar-refractivity contribution in [1.82, 2.24) is 0 Å². The first-order chi connectivity index (χ1) is 6.36. The van der Waals surface area contributed by atoms with Crippen molar-refractivity contribution in [2.75, 3.05) is 0 Å². The van der Waals surface area contributed by atoms with Gasteiger partial charge in [0.1, 0.15) is 6.29 Å². The molecule has 0 spiro atoms. The Labute approximate surface area is 83.5 Å². The van der Waals surface area contributed by atoms with E-state index in [2.05, 4.69) is 12.1 Å². The second-order valence-electron chi connectivity index (χ2n) is 2.88. The normalized spacial score (nSPS) is 12.4. The average molecular weight is 194 g/mol. The van der Waals surface area contributed by atoms with Crippen molar-refractivity contribution in [2.45, 2.75) is 24.3 Å². The van der Waals surface area contributed by atoms with Gasteiger partial charge in [-0.1, -0.05) is 37.3 Å². The van der Waals surface area contributed by atoms with E-state index in [1.54, 1.807) is 11.8 Å². The molecule has 0 aliphatic rings. The van der Waals surface area contributed by atoms with Crippen molar-refractivity contribution < 1.29 is 4.79 Å². The highest BCUT2D eigenvalue weighted by atomic mass is 32.2. The Balaban J connectivity index is 2.38. The van der Waals surface area contributed by atoms with Crippen molar-refractivity contribution >= 4 is 18.0 Å². The highest BCUT2D eigenvalue weighted by Gasteiger charge is 2.03. The van der Waals surface area contributed by atoms with Crippen LogP contribution in [0.2, 0.25) is 0 Å². The van der Waals surface area contributed by atoms with Crippen molar-refractivity contribution in [3.8, 4) is 0 Å². The summed E-state index contributed by atoms with van der Waals surface area (Å²) < 4.78 is 0. The smallest absolute Gasteiger partial charge is 0.132 e. The lowest BCUT2D eigenvalue weighted by molar-refractivity contribution is -0.107. The second-order valence-corrected chi connectivity index (χ2v) is 4.11. The molecule has 0 fully saturated rings. The molecule has 0 bridgehead atoms. The summed E-state index contributed by atoms with van der Waals surface area (Å²) in [5.41, 5.74) is 1.28. The first-order valence-electron chi connectivity index (χ1n) is 4.47. The van der Waals surface area contributed by atoms with E-state index >= 15 is 0 Å². The van der Waals surface area contributed by atoms with Crippen molar-refractivity contribution in [1.29, 1.82) is 0 Å². The fraction of sp³-hybridized carbons (Fsp3) is 0.364. The third-order valence-electron chi connectivity index (χ3n) is 1.86. The molecule has 70 valence electrons. The average Bonchev–Trinajstić information content (AvgIpc) is 2.21. The van der Waals surface area contributed by atoms with Crippen LogP contribution in [0.25, 0.3) is 0 Å². The lowest BCUT2D eigenvalue weighted by atomic mass is 10.2. The van der Waals surface area contributed by atoms with Gasteiger partial charge in [-0.25, -0.2) is 0 Å². The summed E-state index contributed by atoms with van der Waals surface area (Å²) in [6.07, 6.45) is 1.95. The topological polar surface area (TPSA) is 17.1 Å². The molecule has 0 saturated carbocycles. The summed E-state index contributed by atoms with van der Waals surface area (Å²) in [6, 6.07) is 10.2. The molecular formula is C11H14OS. The maximum absolute atomic E-state index is 10.5. The van der Waals surface area contributed by atoms with E-state index in [0.29, 0.717) is 0 Å². The zero-order valence-electron chi connectivity index (χ0n) is 7.77. The lowest BCUT2D eigenvalue weighted by Crippen LogP contribution is -2.01. The first kappa shape index (κ1) is 10.3. The van der Waals surface area contributed by atoms with Crippen LogP contribution in [-0.4, -0.2) is 11.5 Å². The summed E-state index contributed by atoms with van der Waals surface area (Å²) in [4.78, 5) is 10.5. The van der Waals surface area contributed by atoms with Gasteiger partial charge in [0, 0.05) is 5.75 Å². The molecule has 0 N–H and O–H groups in total. The van der Waals surface area contributed by atoms with Gasteiger partial charge in [-0.05, 0) is 12.0 Å². The Morgan fingerprint density at radius 2 is 2.08 bits per heavy atom. The van der Waals surface area contributed by atoms with Gasteiger partial charge in [0.05, 0.1) is 5.25 Å². The maximum Gasteiger partial charge on any atom is 0.132 e. The zero-order valence-corrected chi connectivity index (χ0v) is 8.59. The fourth-order valence-corrected chi connectivity index (χ4v) is 1.94. The van der Waals surface area contributed by atoms with E-state index in [-0.39, 0.29) is 5.25 Å². The second kappa shape index (κ2) is 5.81. The molecule has 0 radical (unpaired) electrons. The van der Waals surface area contributed by atoms with Crippen LogP contribution in [-0.2, 0) is 10.5 Å². The number of rotatable bonds is 5. The molecular weight excluding hydrogens is 180 g/mol. The number of thioether (sulfide) groups is 1. The van der Waals surface area contributed by atoms with Gasteiger partial charge in [0.25, 0.3) is 0 Å². The summed E-state index contributed by atoms with van der Waals surface area (Å²) in [5.74, 6) is 0.929. The molecule has 2 heteroatoms. The Kier molecular flexibility index (Phi) is 4.61. The zero-order chi connectivity index (χ0) is 9.52. The molecule has 13 heavy (non-hydrogen) atoms. The molecule has 0 saturated heterocycles. The summed E-state index contributed by atoms with van der Waals surface area (Å²) in [6.45, 7) is 2.04. The molecule has 1 nitrogen and oxygen atoms in total. The molecule has 0 amide bonds. The Morgan fingerprint density at radius 3 is 2.62 bits per heavy atom. The number of carbonyl (C=O) groups is 1. The predicted octanol–water partition coefficient (Wildman–Crippen LogP) is 2.90. The maximum atomic E-state index is 10.5. The van der Waals surface area contributed by atoms with E-state index in [1.807, 2.05) is 25.1 Å². The first-order valence-corrected chi connectivity index (χ1v) is 5.52. The number of hydrogen-bond acceptors (Lipinski definition) is 2. The quantitative estimate of drug-likeness (QED) is 0.670. The van der Waals surface area contributed by atoms with Crippen LogP contribution in [0.1, 0.15) is 18.9 Å². The minimum Gasteiger partial charge on any atom is -0.302 e. The van der Waals surface area contributed by atoms with Crippen molar-refractivity contribution in [3.05, 3.63) is 35.9 Å². The number of benzene rings is 1. The Morgan fingerprint density at radius 1 is 1.38 bits per heavy atom. The van der Waals surface area contributed by atoms with Crippen LogP contribution < -0.4 is 0 Å². The minimum absolute atomic E-state index is 0.153. The monoisotopic (exact) mass is 194 g/mol. The molecule has 1 atom stereocenters. The summed E-state index contributed by atoms with van der Waals surface area (Å²) in [7, 11) is 0. The Bertz CT molecular complexity index is 246. The van der Waals surface area contributed by atoms with Gasteiger partial charge in [-0.2, -0.15) is 0 Å². The molecule has 1 rings (SSSR count). The van der Waals surface area contributed by atoms with Crippen molar-refractivity contribution in [2.24, 2.45) is 0 Å². The highest BCUT2D eigenvalue weighted by Crippen LogP contribution is 2.18. The minimum atomic E-state index is 0.153. The number of aldehydes is 1. The lowest BCUT2D eigenvalue weighted by Gasteiger charge is -2.06. The molecule has 1 aromatic carbocycles. The Hall–Kier alpha value is -0.760. The largest absolute Gasteiger partial charge is 0.302 e. The molecule has 0 aliphatic carbocycles. The molecule has 0 aromatic heterocycles. The van der Waals surface area contributed by atoms with Gasteiger partial charge in [0.15, 0.2) is 0 Å². The third-order valence-corrected chi connectivity index (χ3v) is 3.23. The highest BCUT2D eigenvalue weighted by molar-refractivity contribution is 7.99. The van der Waals surface area contributed by atoms with E-state index < -0.39 is 0 Å². The van der Waals surface area contributed by atoms with E-state index in [4.69, 9.17) is 0 Å². The third kappa shape index (κ3) is 3.64. The van der Waals surface area contributed by atoms with Gasteiger partial charge in [-0.15, -0.1) is 11.8 Å². The van der Waals surface area contributed by atoms with Crippen LogP contribution in [0.5, 0.6) is 0 Å². The van der Waals surface area contributed by atoms with Crippen LogP contribution in [0.3, 0.4) is 0 Å². The fourth-order valence-electron chi connectivity index (χ4n) is 1.03. The van der Waals surface area contributed by atoms with Gasteiger partial charge in [-0.3, -0.25) is 0 Å². The SMILES string of the molecule is CC[C@@H](C=O)SCc1ccccc1. The summed E-state index contributed by atoms with van der Waals surface area (Å²) >= 11 is 1.71. The van der Waals surface area contributed by atoms with Crippen LogP contribution in [0.15, 0.2) is 30.3 Å². The van der Waals surface area contributed by atoms with Crippen LogP contribution in [0.4, 0.5) is 0 Å². The van der Waals surface area contributed by atoms with E-state index in [0.717, 1.165) is 18.5 Å². The molecule has 0 unspecified atom stereocenters. The summed E-state index contributed by atoms with van der Waals surface area (Å²) in [5, 5.41) is 0.153. The number of carbonyl (C=O) groups excluding carboxylic acids is 1. The molecule has 0 aliphatic heterocycles. The van der Waals surface area contributed by atoms with E-state index in [9.17, 15) is 4.79 Å². The van der Waals surface area contributed by atoms with Crippen LogP contribution in [0, 0.1) is 0 Å². The van der Waals surface area contributed by atoms with Gasteiger partial charge >= 0.3 is 0 Å².